The first-order chi connectivity index (χ1) is 14.7. The molecule has 2 aromatic rings. The van der Waals surface area contributed by atoms with Crippen molar-refractivity contribution in [3.05, 3.63) is 84.5 Å². The van der Waals surface area contributed by atoms with Gasteiger partial charge in [0.15, 0.2) is 0 Å². The summed E-state index contributed by atoms with van der Waals surface area (Å²) >= 11 is 0. The van der Waals surface area contributed by atoms with E-state index in [-0.39, 0.29) is 17.2 Å². The fraction of sp³-hybridized carbons (Fsp3) is 0.429. The molecule has 0 radical (unpaired) electrons. The molecule has 0 aromatic heterocycles. The van der Waals surface area contributed by atoms with E-state index in [4.69, 9.17) is 9.16 Å². The van der Waals surface area contributed by atoms with Crippen LogP contribution in [-0.2, 0) is 9.16 Å². The van der Waals surface area contributed by atoms with Crippen molar-refractivity contribution in [1.82, 2.24) is 0 Å². The Morgan fingerprint density at radius 1 is 1.00 bits per heavy atom. The number of hydrogen-bond donors (Lipinski definition) is 0. The van der Waals surface area contributed by atoms with Gasteiger partial charge in [0.05, 0.1) is 12.2 Å². The molecule has 1 aliphatic heterocycles. The summed E-state index contributed by atoms with van der Waals surface area (Å²) in [7, 11) is -2.48. The molecule has 3 rings (SSSR count). The third-order valence-corrected chi connectivity index (χ3v) is 11.1. The van der Waals surface area contributed by atoms with E-state index in [9.17, 15) is 0 Å². The van der Waals surface area contributed by atoms with Crippen LogP contribution in [0.15, 0.2) is 84.5 Å². The Kier molecular flexibility index (Phi) is 7.74. The molecular formula is C28H38O2Si. The van der Waals surface area contributed by atoms with E-state index in [0.29, 0.717) is 6.61 Å². The molecule has 0 spiro atoms. The second-order valence-corrected chi connectivity index (χ2v) is 14.3. The third kappa shape index (κ3) is 5.65. The molecule has 2 nitrogen and oxygen atoms in total. The lowest BCUT2D eigenvalue weighted by molar-refractivity contribution is -0.0167. The van der Waals surface area contributed by atoms with E-state index >= 15 is 0 Å². The minimum Gasteiger partial charge on any atom is -0.407 e. The van der Waals surface area contributed by atoms with E-state index < -0.39 is 8.32 Å². The largest absolute Gasteiger partial charge is 0.407 e. The zero-order valence-corrected chi connectivity index (χ0v) is 20.9. The van der Waals surface area contributed by atoms with Gasteiger partial charge in [0, 0.05) is 6.61 Å². The lowest BCUT2D eigenvalue weighted by Crippen LogP contribution is -2.66. The highest BCUT2D eigenvalue weighted by atomic mass is 28.4. The van der Waals surface area contributed by atoms with Gasteiger partial charge in [-0.15, -0.1) is 0 Å². The highest BCUT2D eigenvalue weighted by Gasteiger charge is 2.50. The topological polar surface area (TPSA) is 18.5 Å². The van der Waals surface area contributed by atoms with Crippen molar-refractivity contribution >= 4 is 18.7 Å². The van der Waals surface area contributed by atoms with Gasteiger partial charge in [0.25, 0.3) is 8.32 Å². The summed E-state index contributed by atoms with van der Waals surface area (Å²) < 4.78 is 13.4. The van der Waals surface area contributed by atoms with Gasteiger partial charge in [-0.3, -0.25) is 0 Å². The van der Waals surface area contributed by atoms with Gasteiger partial charge in [-0.05, 0) is 48.5 Å². The highest BCUT2D eigenvalue weighted by molar-refractivity contribution is 6.99. The van der Waals surface area contributed by atoms with Gasteiger partial charge in [-0.2, -0.15) is 0 Å². The van der Waals surface area contributed by atoms with Crippen molar-refractivity contribution in [2.45, 2.75) is 71.1 Å². The quantitative estimate of drug-likeness (QED) is 0.392. The fourth-order valence-corrected chi connectivity index (χ4v) is 9.36. The molecule has 3 heteroatoms. The molecule has 2 atom stereocenters. The third-order valence-electron chi connectivity index (χ3n) is 6.07. The summed E-state index contributed by atoms with van der Waals surface area (Å²) in [5.74, 6) is 0. The van der Waals surface area contributed by atoms with Crippen LogP contribution in [0.1, 0.15) is 53.9 Å². The minimum absolute atomic E-state index is 0.00266. The van der Waals surface area contributed by atoms with Crippen LogP contribution in [-0.4, -0.2) is 27.1 Å². The summed E-state index contributed by atoms with van der Waals surface area (Å²) in [4.78, 5) is 0. The summed E-state index contributed by atoms with van der Waals surface area (Å²) in [6.07, 6.45) is 5.27. The van der Waals surface area contributed by atoms with Crippen molar-refractivity contribution in [3.63, 3.8) is 0 Å². The van der Waals surface area contributed by atoms with Gasteiger partial charge in [-0.25, -0.2) is 0 Å². The molecule has 0 amide bonds. The smallest absolute Gasteiger partial charge is 0.261 e. The van der Waals surface area contributed by atoms with Crippen LogP contribution >= 0.6 is 0 Å². The minimum atomic E-state index is -2.48. The first-order valence-electron chi connectivity index (χ1n) is 11.4. The number of benzene rings is 2. The molecule has 1 aliphatic rings. The maximum absolute atomic E-state index is 7.03. The Bertz CT molecular complexity index is 837. The molecule has 166 valence electrons. The van der Waals surface area contributed by atoms with Crippen LogP contribution < -0.4 is 10.4 Å². The zero-order valence-electron chi connectivity index (χ0n) is 19.9. The van der Waals surface area contributed by atoms with E-state index in [1.807, 2.05) is 0 Å². The average Bonchev–Trinajstić information content (AvgIpc) is 2.71. The van der Waals surface area contributed by atoms with Gasteiger partial charge in [-0.1, -0.05) is 105 Å². The van der Waals surface area contributed by atoms with Crippen molar-refractivity contribution in [2.24, 2.45) is 0 Å². The van der Waals surface area contributed by atoms with Crippen LogP contribution in [0, 0.1) is 0 Å². The normalized spacial score (nSPS) is 19.8. The first-order valence-corrected chi connectivity index (χ1v) is 13.4. The first kappa shape index (κ1) is 23.7. The Morgan fingerprint density at radius 2 is 1.55 bits per heavy atom. The van der Waals surface area contributed by atoms with Crippen LogP contribution in [0.5, 0.6) is 0 Å². The molecule has 0 unspecified atom stereocenters. The molecular weight excluding hydrogens is 396 g/mol. The second kappa shape index (κ2) is 10.1. The fourth-order valence-electron chi connectivity index (χ4n) is 4.78. The molecule has 0 N–H and O–H groups in total. The van der Waals surface area contributed by atoms with Crippen molar-refractivity contribution in [3.8, 4) is 0 Å². The van der Waals surface area contributed by atoms with E-state index in [2.05, 4.69) is 108 Å². The standard InChI is InChI=1S/C28H38O2Si/c1-22(2)19-25-21-23(3)20-24(30-25)17-18-29-31(28(4,5)6,26-13-9-7-10-14-26)27-15-11-8-12-16-27/h7-16,19,24-25H,3,17-18,20-21H2,1-2,4-6H3/t24-,25+/m1/s1. The number of allylic oxidation sites excluding steroid dienone is 1. The summed E-state index contributed by atoms with van der Waals surface area (Å²) in [5, 5.41) is 2.65. The maximum atomic E-state index is 7.03. The molecule has 0 saturated carbocycles. The lowest BCUT2D eigenvalue weighted by Gasteiger charge is -2.43. The number of rotatable bonds is 7. The lowest BCUT2D eigenvalue weighted by atomic mass is 9.97. The molecule has 1 saturated heterocycles. The molecule has 31 heavy (non-hydrogen) atoms. The van der Waals surface area contributed by atoms with E-state index in [0.717, 1.165) is 19.3 Å². The Morgan fingerprint density at radius 3 is 2.03 bits per heavy atom. The monoisotopic (exact) mass is 434 g/mol. The summed E-state index contributed by atoms with van der Waals surface area (Å²) in [5.41, 5.74) is 2.58. The van der Waals surface area contributed by atoms with Crippen molar-refractivity contribution < 1.29 is 9.16 Å². The van der Waals surface area contributed by atoms with Gasteiger partial charge in [0.2, 0.25) is 0 Å². The number of ether oxygens (including phenoxy) is 1. The summed E-state index contributed by atoms with van der Waals surface area (Å²) in [6.45, 7) is 16.2. The van der Waals surface area contributed by atoms with Gasteiger partial charge >= 0.3 is 0 Å². The van der Waals surface area contributed by atoms with Gasteiger partial charge < -0.3 is 9.16 Å². The average molecular weight is 435 g/mol. The van der Waals surface area contributed by atoms with Gasteiger partial charge in [0.1, 0.15) is 0 Å². The van der Waals surface area contributed by atoms with Crippen molar-refractivity contribution in [1.29, 1.82) is 0 Å². The van der Waals surface area contributed by atoms with Crippen molar-refractivity contribution in [2.75, 3.05) is 6.61 Å². The molecule has 2 aromatic carbocycles. The van der Waals surface area contributed by atoms with Crippen LogP contribution in [0.4, 0.5) is 0 Å². The Hall–Kier alpha value is -1.94. The molecule has 0 bridgehead atoms. The maximum Gasteiger partial charge on any atom is 0.261 e. The number of hydrogen-bond acceptors (Lipinski definition) is 2. The molecule has 0 aliphatic carbocycles. The predicted molar refractivity (Wildman–Crippen MR) is 135 cm³/mol. The zero-order chi connectivity index (χ0) is 22.5. The van der Waals surface area contributed by atoms with E-state index in [1.165, 1.54) is 21.5 Å². The van der Waals surface area contributed by atoms with Crippen LogP contribution in [0.3, 0.4) is 0 Å². The second-order valence-electron chi connectivity index (χ2n) is 10.00. The van der Waals surface area contributed by atoms with Crippen LogP contribution in [0.25, 0.3) is 0 Å². The molecule has 1 heterocycles. The SMILES string of the molecule is C=C1C[C@@H](CCO[Si](c2ccccc2)(c2ccccc2)C(C)(C)C)O[C@@H](C=C(C)C)C1. The van der Waals surface area contributed by atoms with E-state index in [1.54, 1.807) is 0 Å². The molecule has 1 fully saturated rings. The Balaban J connectivity index is 1.85. The summed E-state index contributed by atoms with van der Waals surface area (Å²) in [6, 6.07) is 21.7. The van der Waals surface area contributed by atoms with Crippen LogP contribution in [0.2, 0.25) is 5.04 Å². The highest BCUT2D eigenvalue weighted by Crippen LogP contribution is 2.37. The predicted octanol–water partition coefficient (Wildman–Crippen LogP) is 6.02. The Labute approximate surface area is 190 Å².